The molecule has 22 heavy (non-hydrogen) atoms. The Hall–Kier alpha value is -2.59. The number of epoxide rings is 1. The summed E-state index contributed by atoms with van der Waals surface area (Å²) in [6, 6.07) is 15.0. The first-order valence-electron chi connectivity index (χ1n) is 7.04. The molecule has 0 saturated carbocycles. The number of methoxy groups -OCH3 is 1. The Morgan fingerprint density at radius 3 is 2.77 bits per heavy atom. The number of carbonyl (C=O) groups is 1. The van der Waals surface area contributed by atoms with E-state index in [1.807, 2.05) is 36.4 Å². The molecule has 0 radical (unpaired) electrons. The molecule has 0 bridgehead atoms. The maximum atomic E-state index is 12.7. The summed E-state index contributed by atoms with van der Waals surface area (Å²) in [6.45, 7) is 0. The van der Waals surface area contributed by atoms with Gasteiger partial charge in [-0.05, 0) is 23.8 Å². The summed E-state index contributed by atoms with van der Waals surface area (Å²) in [4.78, 5) is 12.7. The highest BCUT2D eigenvalue weighted by Gasteiger charge is 2.66. The molecule has 2 atom stereocenters. The van der Waals surface area contributed by atoms with Crippen LogP contribution in [0.5, 0.6) is 11.5 Å². The van der Waals surface area contributed by atoms with Crippen LogP contribution >= 0.6 is 0 Å². The van der Waals surface area contributed by atoms with E-state index in [4.69, 9.17) is 14.2 Å². The Kier molecular flexibility index (Phi) is 2.81. The maximum absolute atomic E-state index is 12.7. The van der Waals surface area contributed by atoms with Gasteiger partial charge < -0.3 is 14.2 Å². The van der Waals surface area contributed by atoms with E-state index in [1.54, 1.807) is 31.4 Å². The van der Waals surface area contributed by atoms with E-state index in [9.17, 15) is 4.79 Å². The van der Waals surface area contributed by atoms with Crippen LogP contribution in [0, 0.1) is 0 Å². The molecule has 2 aliphatic rings. The second-order valence-electron chi connectivity index (χ2n) is 5.30. The van der Waals surface area contributed by atoms with Crippen LogP contribution in [0.4, 0.5) is 0 Å². The topological polar surface area (TPSA) is 48.1 Å². The SMILES string of the molecule is COc1ccc2c(c1)OC1OC1(/C=C/c1ccccc1)C2=O. The second kappa shape index (κ2) is 4.71. The monoisotopic (exact) mass is 294 g/mol. The number of carbonyl (C=O) groups excluding carboxylic acids is 1. The molecule has 110 valence electrons. The summed E-state index contributed by atoms with van der Waals surface area (Å²) in [5.41, 5.74) is 0.545. The second-order valence-corrected chi connectivity index (χ2v) is 5.30. The van der Waals surface area contributed by atoms with Crippen LogP contribution in [-0.2, 0) is 4.74 Å². The van der Waals surface area contributed by atoms with Crippen molar-refractivity contribution in [2.24, 2.45) is 0 Å². The number of ketones is 1. The highest BCUT2D eigenvalue weighted by Crippen LogP contribution is 2.48. The normalized spacial score (nSPS) is 25.3. The van der Waals surface area contributed by atoms with Crippen molar-refractivity contribution in [2.75, 3.05) is 7.11 Å². The van der Waals surface area contributed by atoms with Gasteiger partial charge in [0, 0.05) is 6.07 Å². The molecule has 0 aromatic heterocycles. The van der Waals surface area contributed by atoms with Crippen LogP contribution in [0.15, 0.2) is 54.6 Å². The zero-order valence-electron chi connectivity index (χ0n) is 12.0. The highest BCUT2D eigenvalue weighted by atomic mass is 16.8. The minimum Gasteiger partial charge on any atom is -0.497 e. The molecule has 1 saturated heterocycles. The number of Topliss-reactive ketones (excluding diaryl/α,β-unsaturated/α-hetero) is 1. The van der Waals surface area contributed by atoms with Crippen LogP contribution < -0.4 is 9.47 Å². The summed E-state index contributed by atoms with van der Waals surface area (Å²) >= 11 is 0. The third kappa shape index (κ3) is 1.92. The minimum absolute atomic E-state index is 0.0754. The van der Waals surface area contributed by atoms with Crippen molar-refractivity contribution in [1.29, 1.82) is 0 Å². The molecule has 0 spiro atoms. The van der Waals surface area contributed by atoms with Crippen molar-refractivity contribution in [1.82, 2.24) is 0 Å². The first-order valence-corrected chi connectivity index (χ1v) is 7.04. The summed E-state index contributed by atoms with van der Waals surface area (Å²) in [7, 11) is 1.58. The lowest BCUT2D eigenvalue weighted by molar-refractivity contribution is 0.0902. The molecule has 2 heterocycles. The fraction of sp³-hybridized carbons (Fsp3) is 0.167. The zero-order valence-corrected chi connectivity index (χ0v) is 12.0. The molecule has 0 aliphatic carbocycles. The molecular formula is C18H14O4. The largest absolute Gasteiger partial charge is 0.497 e. The van der Waals surface area contributed by atoms with E-state index in [1.165, 1.54) is 0 Å². The Bertz CT molecular complexity index is 766. The summed E-state index contributed by atoms with van der Waals surface area (Å²) in [5, 5.41) is 0. The van der Waals surface area contributed by atoms with Crippen molar-refractivity contribution in [3.63, 3.8) is 0 Å². The van der Waals surface area contributed by atoms with E-state index in [0.29, 0.717) is 17.1 Å². The number of ether oxygens (including phenoxy) is 3. The van der Waals surface area contributed by atoms with Gasteiger partial charge in [0.1, 0.15) is 11.5 Å². The molecule has 1 fully saturated rings. The number of hydrogen-bond donors (Lipinski definition) is 0. The van der Waals surface area contributed by atoms with Gasteiger partial charge in [0.25, 0.3) is 0 Å². The van der Waals surface area contributed by atoms with Crippen LogP contribution in [0.1, 0.15) is 15.9 Å². The highest BCUT2D eigenvalue weighted by molar-refractivity contribution is 6.09. The van der Waals surface area contributed by atoms with Crippen molar-refractivity contribution in [3.05, 3.63) is 65.7 Å². The van der Waals surface area contributed by atoms with E-state index in [2.05, 4.69) is 0 Å². The molecule has 4 nitrogen and oxygen atoms in total. The molecule has 2 aliphatic heterocycles. The van der Waals surface area contributed by atoms with Crippen molar-refractivity contribution in [2.45, 2.75) is 11.9 Å². The van der Waals surface area contributed by atoms with E-state index in [-0.39, 0.29) is 5.78 Å². The number of fused-ring (bicyclic) bond motifs is 2. The third-order valence-corrected chi connectivity index (χ3v) is 3.94. The predicted octanol–water partition coefficient (Wildman–Crippen LogP) is 3.08. The summed E-state index contributed by atoms with van der Waals surface area (Å²) < 4.78 is 16.4. The van der Waals surface area contributed by atoms with Crippen molar-refractivity contribution >= 4 is 11.9 Å². The molecular weight excluding hydrogens is 280 g/mol. The van der Waals surface area contributed by atoms with E-state index < -0.39 is 11.9 Å². The van der Waals surface area contributed by atoms with Gasteiger partial charge in [0.15, 0.2) is 0 Å². The van der Waals surface area contributed by atoms with Crippen LogP contribution in [0.2, 0.25) is 0 Å². The fourth-order valence-electron chi connectivity index (χ4n) is 2.63. The molecule has 2 unspecified atom stereocenters. The standard InChI is InChI=1S/C18H14O4/c1-20-13-7-8-14-15(11-13)21-17-18(22-17,16(14)19)10-9-12-5-3-2-4-6-12/h2-11,17H,1H3/b10-9+. The van der Waals surface area contributed by atoms with Gasteiger partial charge in [0.2, 0.25) is 17.7 Å². The average Bonchev–Trinajstić information content (AvgIpc) is 3.28. The predicted molar refractivity (Wildman–Crippen MR) is 81.0 cm³/mol. The Labute approximate surface area is 127 Å². The van der Waals surface area contributed by atoms with Crippen LogP contribution in [-0.4, -0.2) is 24.8 Å². The lowest BCUT2D eigenvalue weighted by Gasteiger charge is -2.18. The van der Waals surface area contributed by atoms with Gasteiger partial charge in [-0.15, -0.1) is 0 Å². The van der Waals surface area contributed by atoms with Gasteiger partial charge in [-0.2, -0.15) is 0 Å². The average molecular weight is 294 g/mol. The first kappa shape index (κ1) is 13.1. The van der Waals surface area contributed by atoms with Gasteiger partial charge in [0.05, 0.1) is 12.7 Å². The summed E-state index contributed by atoms with van der Waals surface area (Å²) in [5.74, 6) is 1.09. The smallest absolute Gasteiger partial charge is 0.242 e. The lowest BCUT2D eigenvalue weighted by atomic mass is 9.93. The van der Waals surface area contributed by atoms with E-state index >= 15 is 0 Å². The van der Waals surface area contributed by atoms with Crippen LogP contribution in [0.25, 0.3) is 6.08 Å². The fourth-order valence-corrected chi connectivity index (χ4v) is 2.63. The molecule has 4 rings (SSSR count). The first-order chi connectivity index (χ1) is 10.7. The Morgan fingerprint density at radius 1 is 1.18 bits per heavy atom. The van der Waals surface area contributed by atoms with Crippen LogP contribution in [0.3, 0.4) is 0 Å². The van der Waals surface area contributed by atoms with Gasteiger partial charge in [-0.3, -0.25) is 4.79 Å². The molecule has 2 aromatic rings. The number of hydrogen-bond acceptors (Lipinski definition) is 4. The summed E-state index contributed by atoms with van der Waals surface area (Å²) in [6.07, 6.45) is 3.11. The van der Waals surface area contributed by atoms with Gasteiger partial charge in [-0.1, -0.05) is 36.4 Å². The van der Waals surface area contributed by atoms with Crippen molar-refractivity contribution in [3.8, 4) is 11.5 Å². The Balaban J connectivity index is 1.66. The Morgan fingerprint density at radius 2 is 2.00 bits per heavy atom. The molecule has 0 amide bonds. The van der Waals surface area contributed by atoms with E-state index in [0.717, 1.165) is 5.56 Å². The number of benzene rings is 2. The molecule has 0 N–H and O–H groups in total. The van der Waals surface area contributed by atoms with Gasteiger partial charge >= 0.3 is 0 Å². The third-order valence-electron chi connectivity index (χ3n) is 3.94. The quantitative estimate of drug-likeness (QED) is 0.816. The molecule has 2 aromatic carbocycles. The van der Waals surface area contributed by atoms with Gasteiger partial charge in [-0.25, -0.2) is 0 Å². The minimum atomic E-state index is -0.989. The zero-order chi connectivity index (χ0) is 15.2. The molecule has 4 heteroatoms. The number of rotatable bonds is 3. The lowest BCUT2D eigenvalue weighted by Crippen LogP contribution is -2.32. The van der Waals surface area contributed by atoms with Crippen molar-refractivity contribution < 1.29 is 19.0 Å². The maximum Gasteiger partial charge on any atom is 0.242 e.